The van der Waals surface area contributed by atoms with Crippen LogP contribution in [0.4, 0.5) is 20.3 Å². The van der Waals surface area contributed by atoms with Gasteiger partial charge in [-0.15, -0.1) is 0 Å². The number of nitrogens with one attached hydrogen (secondary N) is 2. The van der Waals surface area contributed by atoms with E-state index < -0.39 is 5.92 Å². The molecule has 0 aromatic carbocycles. The standard InChI is InChI=1S/C17H14ClF2N7/c18-14-11-4-10(23-15-13-12(24-25-15)2-1-3-21-13)7-22-16(11)27(26-14)8-9-5-17(19,20)6-9/h1-4,7,9H,5-6,8H2,(H2,23,24,25). The van der Waals surface area contributed by atoms with Crippen molar-refractivity contribution in [3.05, 3.63) is 35.7 Å². The smallest absolute Gasteiger partial charge is 0.248 e. The Hall–Kier alpha value is -2.81. The molecule has 4 aromatic rings. The van der Waals surface area contributed by atoms with Crippen molar-refractivity contribution in [1.82, 2.24) is 29.9 Å². The van der Waals surface area contributed by atoms with Gasteiger partial charge in [0, 0.05) is 25.6 Å². The highest BCUT2D eigenvalue weighted by Crippen LogP contribution is 2.43. The Labute approximate surface area is 156 Å². The number of fused-ring (bicyclic) bond motifs is 2. The van der Waals surface area contributed by atoms with Crippen LogP contribution in [0.1, 0.15) is 12.8 Å². The minimum absolute atomic E-state index is 0.111. The molecule has 1 fully saturated rings. The maximum atomic E-state index is 13.1. The Balaban J connectivity index is 1.43. The minimum atomic E-state index is -2.55. The van der Waals surface area contributed by atoms with Crippen molar-refractivity contribution in [1.29, 1.82) is 0 Å². The molecule has 1 aliphatic rings. The van der Waals surface area contributed by atoms with Crippen LogP contribution >= 0.6 is 11.6 Å². The van der Waals surface area contributed by atoms with E-state index in [2.05, 4.69) is 30.6 Å². The van der Waals surface area contributed by atoms with E-state index in [1.54, 1.807) is 17.1 Å². The van der Waals surface area contributed by atoms with Crippen molar-refractivity contribution in [3.8, 4) is 0 Å². The molecule has 27 heavy (non-hydrogen) atoms. The second-order valence-electron chi connectivity index (χ2n) is 6.80. The van der Waals surface area contributed by atoms with E-state index in [0.717, 1.165) is 5.52 Å². The summed E-state index contributed by atoms with van der Waals surface area (Å²) >= 11 is 6.25. The van der Waals surface area contributed by atoms with Crippen LogP contribution in [0.25, 0.3) is 22.1 Å². The van der Waals surface area contributed by atoms with Crippen LogP contribution in [-0.2, 0) is 6.54 Å². The van der Waals surface area contributed by atoms with Crippen LogP contribution in [0.2, 0.25) is 5.15 Å². The molecule has 2 N–H and O–H groups in total. The van der Waals surface area contributed by atoms with Gasteiger partial charge in [0.1, 0.15) is 5.52 Å². The summed E-state index contributed by atoms with van der Waals surface area (Å²) in [7, 11) is 0. The maximum absolute atomic E-state index is 13.1. The van der Waals surface area contributed by atoms with Crippen molar-refractivity contribution >= 4 is 45.2 Å². The van der Waals surface area contributed by atoms with Crippen molar-refractivity contribution in [2.45, 2.75) is 25.3 Å². The van der Waals surface area contributed by atoms with Gasteiger partial charge in [0.05, 0.1) is 22.8 Å². The zero-order valence-electron chi connectivity index (χ0n) is 14.0. The SMILES string of the molecule is FC1(F)CC(Cn2nc(Cl)c3cc(Nc4n[nH]c5cccnc45)cnc32)C1. The number of H-pyrrole nitrogens is 1. The molecular formula is C17H14ClF2N7. The summed E-state index contributed by atoms with van der Waals surface area (Å²) in [5.74, 6) is -2.09. The summed E-state index contributed by atoms with van der Waals surface area (Å²) in [6.45, 7) is 0.381. The number of nitrogens with zero attached hydrogens (tertiary/aromatic N) is 5. The fourth-order valence-corrected chi connectivity index (χ4v) is 3.68. The van der Waals surface area contributed by atoms with Gasteiger partial charge in [0.25, 0.3) is 0 Å². The van der Waals surface area contributed by atoms with Crippen LogP contribution in [0, 0.1) is 5.92 Å². The Morgan fingerprint density at radius 2 is 2.19 bits per heavy atom. The van der Waals surface area contributed by atoms with Gasteiger partial charge in [-0.25, -0.2) is 18.4 Å². The van der Waals surface area contributed by atoms with E-state index in [1.807, 2.05) is 18.2 Å². The third-order valence-electron chi connectivity index (χ3n) is 4.73. The highest BCUT2D eigenvalue weighted by atomic mass is 35.5. The zero-order chi connectivity index (χ0) is 18.6. The van der Waals surface area contributed by atoms with Crippen molar-refractivity contribution in [2.24, 2.45) is 5.92 Å². The number of aromatic nitrogens is 6. The van der Waals surface area contributed by atoms with Crippen LogP contribution in [-0.4, -0.2) is 35.9 Å². The predicted molar refractivity (Wildman–Crippen MR) is 97.4 cm³/mol. The van der Waals surface area contributed by atoms with Gasteiger partial charge in [0.2, 0.25) is 5.92 Å². The lowest BCUT2D eigenvalue weighted by molar-refractivity contribution is -0.114. The fraction of sp³-hybridized carbons (Fsp3) is 0.294. The van der Waals surface area contributed by atoms with Gasteiger partial charge >= 0.3 is 0 Å². The molecular weight excluding hydrogens is 376 g/mol. The Morgan fingerprint density at radius 1 is 1.33 bits per heavy atom. The van der Waals surface area contributed by atoms with E-state index in [0.29, 0.717) is 34.6 Å². The number of hydrogen-bond donors (Lipinski definition) is 2. The Bertz CT molecular complexity index is 1140. The Morgan fingerprint density at radius 3 is 3.00 bits per heavy atom. The molecule has 7 nitrogen and oxygen atoms in total. The molecule has 4 heterocycles. The number of aromatic amines is 1. The third kappa shape index (κ3) is 2.87. The third-order valence-corrected chi connectivity index (χ3v) is 5.01. The van der Waals surface area contributed by atoms with Gasteiger partial charge in [0.15, 0.2) is 16.6 Å². The number of pyridine rings is 2. The number of alkyl halides is 2. The largest absolute Gasteiger partial charge is 0.336 e. The second-order valence-corrected chi connectivity index (χ2v) is 7.15. The van der Waals surface area contributed by atoms with Crippen LogP contribution in [0.5, 0.6) is 0 Å². The summed E-state index contributed by atoms with van der Waals surface area (Å²) in [6.07, 6.45) is 3.08. The van der Waals surface area contributed by atoms with E-state index in [9.17, 15) is 8.78 Å². The molecule has 0 spiro atoms. The average Bonchev–Trinajstić information content (AvgIpc) is 3.15. The normalized spacial score (nSPS) is 16.7. The average molecular weight is 390 g/mol. The molecule has 5 rings (SSSR count). The molecule has 0 unspecified atom stereocenters. The molecule has 1 saturated carbocycles. The quantitative estimate of drug-likeness (QED) is 0.548. The first-order valence-corrected chi connectivity index (χ1v) is 8.82. The topological polar surface area (TPSA) is 84.3 Å². The van der Waals surface area contributed by atoms with Gasteiger partial charge in [-0.05, 0) is 24.1 Å². The molecule has 0 saturated heterocycles. The number of anilines is 2. The first-order chi connectivity index (χ1) is 13.0. The van der Waals surface area contributed by atoms with Crippen LogP contribution < -0.4 is 5.32 Å². The van der Waals surface area contributed by atoms with E-state index in [1.165, 1.54) is 0 Å². The predicted octanol–water partition coefficient (Wildman–Crippen LogP) is 4.14. The lowest BCUT2D eigenvalue weighted by atomic mass is 9.81. The van der Waals surface area contributed by atoms with Crippen LogP contribution in [0.3, 0.4) is 0 Å². The highest BCUT2D eigenvalue weighted by Gasteiger charge is 2.45. The van der Waals surface area contributed by atoms with E-state index >= 15 is 0 Å². The van der Waals surface area contributed by atoms with Gasteiger partial charge in [-0.3, -0.25) is 10.1 Å². The monoisotopic (exact) mass is 389 g/mol. The second kappa shape index (κ2) is 5.85. The molecule has 0 bridgehead atoms. The van der Waals surface area contributed by atoms with Gasteiger partial charge < -0.3 is 5.32 Å². The molecule has 4 aromatic heterocycles. The van der Waals surface area contributed by atoms with Crippen molar-refractivity contribution in [3.63, 3.8) is 0 Å². The summed E-state index contributed by atoms with van der Waals surface area (Å²) in [5.41, 5.74) is 2.78. The fourth-order valence-electron chi connectivity index (χ4n) is 3.45. The Kier molecular flexibility index (Phi) is 3.55. The van der Waals surface area contributed by atoms with E-state index in [-0.39, 0.29) is 23.9 Å². The molecule has 0 atom stereocenters. The maximum Gasteiger partial charge on any atom is 0.248 e. The lowest BCUT2D eigenvalue weighted by Crippen LogP contribution is -2.37. The summed E-state index contributed by atoms with van der Waals surface area (Å²) < 4.78 is 27.7. The van der Waals surface area contributed by atoms with Crippen molar-refractivity contribution in [2.75, 3.05) is 5.32 Å². The van der Waals surface area contributed by atoms with Crippen LogP contribution in [0.15, 0.2) is 30.6 Å². The van der Waals surface area contributed by atoms with Gasteiger partial charge in [-0.1, -0.05) is 11.6 Å². The zero-order valence-corrected chi connectivity index (χ0v) is 14.7. The number of halogens is 3. The van der Waals surface area contributed by atoms with E-state index in [4.69, 9.17) is 11.6 Å². The first-order valence-electron chi connectivity index (χ1n) is 8.44. The minimum Gasteiger partial charge on any atom is -0.336 e. The molecule has 0 aliphatic heterocycles. The summed E-state index contributed by atoms with van der Waals surface area (Å²) in [5, 5.41) is 15.5. The molecule has 138 valence electrons. The lowest BCUT2D eigenvalue weighted by Gasteiger charge is -2.34. The highest BCUT2D eigenvalue weighted by molar-refractivity contribution is 6.34. The first kappa shape index (κ1) is 16.4. The van der Waals surface area contributed by atoms with Gasteiger partial charge in [-0.2, -0.15) is 10.2 Å². The number of hydrogen-bond acceptors (Lipinski definition) is 5. The molecule has 0 radical (unpaired) electrons. The summed E-state index contributed by atoms with van der Waals surface area (Å²) in [4.78, 5) is 8.72. The number of rotatable bonds is 4. The molecule has 0 amide bonds. The molecule has 10 heteroatoms. The summed E-state index contributed by atoms with van der Waals surface area (Å²) in [6, 6.07) is 5.52. The molecule has 1 aliphatic carbocycles. The van der Waals surface area contributed by atoms with Crippen molar-refractivity contribution < 1.29 is 8.78 Å².